The van der Waals surface area contributed by atoms with Crippen molar-refractivity contribution in [2.24, 2.45) is 11.7 Å². The zero-order valence-electron chi connectivity index (χ0n) is 10.6. The molecule has 0 bridgehead atoms. The quantitative estimate of drug-likeness (QED) is 0.714. The van der Waals surface area contributed by atoms with Gasteiger partial charge in [0.15, 0.2) is 0 Å². The highest BCUT2D eigenvalue weighted by Crippen LogP contribution is 2.16. The number of hydrogen-bond acceptors (Lipinski definition) is 3. The average molecular weight is 213 g/mol. The SMILES string of the molecule is CC(CCCN)CN1CCC(N(C)C)C1. The fourth-order valence-corrected chi connectivity index (χ4v) is 2.40. The highest BCUT2D eigenvalue weighted by atomic mass is 15.2. The van der Waals surface area contributed by atoms with Crippen LogP contribution in [0, 0.1) is 5.92 Å². The van der Waals surface area contributed by atoms with Crippen LogP contribution in [0.2, 0.25) is 0 Å². The molecule has 0 aliphatic carbocycles. The van der Waals surface area contributed by atoms with Gasteiger partial charge in [0, 0.05) is 19.1 Å². The lowest BCUT2D eigenvalue weighted by Gasteiger charge is -2.22. The molecule has 0 radical (unpaired) electrons. The molecule has 1 aliphatic rings. The molecule has 2 N–H and O–H groups in total. The van der Waals surface area contributed by atoms with Crippen molar-refractivity contribution in [2.75, 3.05) is 40.3 Å². The van der Waals surface area contributed by atoms with Crippen molar-refractivity contribution in [3.8, 4) is 0 Å². The summed E-state index contributed by atoms with van der Waals surface area (Å²) < 4.78 is 0. The van der Waals surface area contributed by atoms with E-state index >= 15 is 0 Å². The zero-order valence-corrected chi connectivity index (χ0v) is 10.6. The van der Waals surface area contributed by atoms with Crippen molar-refractivity contribution < 1.29 is 0 Å². The highest BCUT2D eigenvalue weighted by molar-refractivity contribution is 4.81. The molecule has 0 amide bonds. The van der Waals surface area contributed by atoms with Crippen molar-refractivity contribution in [2.45, 2.75) is 32.2 Å². The van der Waals surface area contributed by atoms with E-state index in [0.717, 1.165) is 18.5 Å². The lowest BCUT2D eigenvalue weighted by atomic mass is 10.1. The molecule has 90 valence electrons. The predicted octanol–water partition coefficient (Wildman–Crippen LogP) is 0.997. The van der Waals surface area contributed by atoms with Crippen LogP contribution in [0.4, 0.5) is 0 Å². The summed E-state index contributed by atoms with van der Waals surface area (Å²) >= 11 is 0. The molecular weight excluding hydrogens is 186 g/mol. The molecule has 0 aromatic carbocycles. The summed E-state index contributed by atoms with van der Waals surface area (Å²) in [4.78, 5) is 4.95. The molecular formula is C12H27N3. The minimum Gasteiger partial charge on any atom is -0.330 e. The Kier molecular flexibility index (Phi) is 5.58. The van der Waals surface area contributed by atoms with Crippen molar-refractivity contribution >= 4 is 0 Å². The van der Waals surface area contributed by atoms with Gasteiger partial charge in [0.05, 0.1) is 0 Å². The minimum atomic E-state index is 0.770. The summed E-state index contributed by atoms with van der Waals surface area (Å²) in [6.45, 7) is 6.96. The van der Waals surface area contributed by atoms with Gasteiger partial charge in [-0.3, -0.25) is 0 Å². The molecule has 0 saturated carbocycles. The average Bonchev–Trinajstić information content (AvgIpc) is 2.63. The van der Waals surface area contributed by atoms with Crippen LogP contribution < -0.4 is 5.73 Å². The Morgan fingerprint density at radius 1 is 1.47 bits per heavy atom. The van der Waals surface area contributed by atoms with Gasteiger partial charge in [0.2, 0.25) is 0 Å². The molecule has 0 spiro atoms. The first-order valence-electron chi connectivity index (χ1n) is 6.22. The molecule has 2 atom stereocenters. The second-order valence-corrected chi connectivity index (χ2v) is 5.20. The second-order valence-electron chi connectivity index (χ2n) is 5.20. The molecule has 1 aliphatic heterocycles. The molecule has 1 heterocycles. The van der Waals surface area contributed by atoms with E-state index < -0.39 is 0 Å². The summed E-state index contributed by atoms with van der Waals surface area (Å²) in [5, 5.41) is 0. The molecule has 3 heteroatoms. The Labute approximate surface area is 94.6 Å². The molecule has 1 fully saturated rings. The van der Waals surface area contributed by atoms with Crippen LogP contribution in [-0.4, -0.2) is 56.1 Å². The minimum absolute atomic E-state index is 0.770. The number of likely N-dealkylation sites (N-methyl/N-ethyl adjacent to an activating group) is 1. The van der Waals surface area contributed by atoms with E-state index in [1.807, 2.05) is 0 Å². The van der Waals surface area contributed by atoms with Crippen molar-refractivity contribution in [3.05, 3.63) is 0 Å². The van der Waals surface area contributed by atoms with Crippen LogP contribution >= 0.6 is 0 Å². The molecule has 1 saturated heterocycles. The maximum absolute atomic E-state index is 5.53. The van der Waals surface area contributed by atoms with Gasteiger partial charge < -0.3 is 15.5 Å². The van der Waals surface area contributed by atoms with Crippen LogP contribution in [0.5, 0.6) is 0 Å². The Balaban J connectivity index is 2.17. The lowest BCUT2D eigenvalue weighted by Crippen LogP contribution is -2.33. The normalized spacial score (nSPS) is 25.0. The van der Waals surface area contributed by atoms with E-state index in [1.54, 1.807) is 0 Å². The Hall–Kier alpha value is -0.120. The fourth-order valence-electron chi connectivity index (χ4n) is 2.40. The highest BCUT2D eigenvalue weighted by Gasteiger charge is 2.24. The third kappa shape index (κ3) is 4.49. The van der Waals surface area contributed by atoms with E-state index in [9.17, 15) is 0 Å². The van der Waals surface area contributed by atoms with Crippen molar-refractivity contribution in [3.63, 3.8) is 0 Å². The van der Waals surface area contributed by atoms with Gasteiger partial charge in [-0.15, -0.1) is 0 Å². The van der Waals surface area contributed by atoms with E-state index in [1.165, 1.54) is 38.9 Å². The largest absolute Gasteiger partial charge is 0.330 e. The number of nitrogens with zero attached hydrogens (tertiary/aromatic N) is 2. The van der Waals surface area contributed by atoms with E-state index in [-0.39, 0.29) is 0 Å². The second kappa shape index (κ2) is 6.46. The molecule has 0 aromatic heterocycles. The van der Waals surface area contributed by atoms with Crippen LogP contribution in [0.3, 0.4) is 0 Å². The van der Waals surface area contributed by atoms with Crippen LogP contribution in [0.25, 0.3) is 0 Å². The Morgan fingerprint density at radius 2 is 2.20 bits per heavy atom. The molecule has 0 aromatic rings. The Bertz CT molecular complexity index is 170. The number of likely N-dealkylation sites (tertiary alicyclic amines) is 1. The van der Waals surface area contributed by atoms with E-state index in [4.69, 9.17) is 5.73 Å². The lowest BCUT2D eigenvalue weighted by molar-refractivity contribution is 0.242. The monoisotopic (exact) mass is 213 g/mol. The van der Waals surface area contributed by atoms with E-state index in [0.29, 0.717) is 0 Å². The van der Waals surface area contributed by atoms with Crippen LogP contribution in [0.15, 0.2) is 0 Å². The first-order chi connectivity index (χ1) is 7.13. The van der Waals surface area contributed by atoms with Gasteiger partial charge in [-0.2, -0.15) is 0 Å². The van der Waals surface area contributed by atoms with Crippen LogP contribution in [0.1, 0.15) is 26.2 Å². The smallest absolute Gasteiger partial charge is 0.0229 e. The van der Waals surface area contributed by atoms with Gasteiger partial charge in [0.25, 0.3) is 0 Å². The van der Waals surface area contributed by atoms with Gasteiger partial charge >= 0.3 is 0 Å². The number of hydrogen-bond donors (Lipinski definition) is 1. The van der Waals surface area contributed by atoms with Gasteiger partial charge in [0.1, 0.15) is 0 Å². The van der Waals surface area contributed by atoms with E-state index in [2.05, 4.69) is 30.8 Å². The molecule has 2 unspecified atom stereocenters. The molecule has 3 nitrogen and oxygen atoms in total. The molecule has 15 heavy (non-hydrogen) atoms. The van der Waals surface area contributed by atoms with Gasteiger partial charge in [-0.25, -0.2) is 0 Å². The predicted molar refractivity (Wildman–Crippen MR) is 66.0 cm³/mol. The summed E-state index contributed by atoms with van der Waals surface area (Å²) in [6, 6.07) is 0.770. The Morgan fingerprint density at radius 3 is 2.73 bits per heavy atom. The van der Waals surface area contributed by atoms with Gasteiger partial charge in [-0.05, 0) is 52.4 Å². The number of nitrogens with two attached hydrogens (primary N) is 1. The topological polar surface area (TPSA) is 32.5 Å². The fraction of sp³-hybridized carbons (Fsp3) is 1.00. The summed E-state index contributed by atoms with van der Waals surface area (Å²) in [5.74, 6) is 0.800. The van der Waals surface area contributed by atoms with Gasteiger partial charge in [-0.1, -0.05) is 6.92 Å². The standard InChI is InChI=1S/C12H27N3/c1-11(5-4-7-13)9-15-8-6-12(10-15)14(2)3/h11-12H,4-10,13H2,1-3H3. The first-order valence-corrected chi connectivity index (χ1v) is 6.22. The summed E-state index contributed by atoms with van der Waals surface area (Å²) in [5.41, 5.74) is 5.53. The van der Waals surface area contributed by atoms with Crippen molar-refractivity contribution in [1.82, 2.24) is 9.80 Å². The molecule has 1 rings (SSSR count). The third-order valence-corrected chi connectivity index (χ3v) is 3.45. The zero-order chi connectivity index (χ0) is 11.3. The summed E-state index contributed by atoms with van der Waals surface area (Å²) in [6.07, 6.45) is 3.78. The third-order valence-electron chi connectivity index (χ3n) is 3.45. The van der Waals surface area contributed by atoms with Crippen molar-refractivity contribution in [1.29, 1.82) is 0 Å². The number of rotatable bonds is 6. The first kappa shape index (κ1) is 12.9. The maximum Gasteiger partial charge on any atom is 0.0229 e. The maximum atomic E-state index is 5.53. The summed E-state index contributed by atoms with van der Waals surface area (Å²) in [7, 11) is 4.37. The van der Waals surface area contributed by atoms with Crippen LogP contribution in [-0.2, 0) is 0 Å².